The minimum atomic E-state index is 0.374. The van der Waals surface area contributed by atoms with Crippen molar-refractivity contribution in [1.82, 2.24) is 15.0 Å². The summed E-state index contributed by atoms with van der Waals surface area (Å²) in [4.78, 5) is 11.2. The molecule has 5 heteroatoms. The van der Waals surface area contributed by atoms with Crippen molar-refractivity contribution >= 4 is 29.1 Å². The molecule has 0 saturated heterocycles. The highest BCUT2D eigenvalue weighted by molar-refractivity contribution is 6.07. The highest BCUT2D eigenvalue weighted by Crippen LogP contribution is 2.16. The number of benzene rings is 1. The maximum atomic E-state index is 11.2. The zero-order valence-electron chi connectivity index (χ0n) is 9.35. The number of furan rings is 1. The number of hydrogen-bond acceptors (Lipinski definition) is 4. The van der Waals surface area contributed by atoms with Gasteiger partial charge < -0.3 is 4.42 Å². The third-order valence-corrected chi connectivity index (χ3v) is 2.55. The lowest BCUT2D eigenvalue weighted by Gasteiger charge is -1.99. The molecule has 1 aromatic carbocycles. The van der Waals surface area contributed by atoms with Gasteiger partial charge in [0.2, 0.25) is 0 Å². The summed E-state index contributed by atoms with van der Waals surface area (Å²) in [6, 6.07) is 11.0. The fourth-order valence-corrected chi connectivity index (χ4v) is 1.72. The van der Waals surface area contributed by atoms with Gasteiger partial charge in [-0.2, -0.15) is 0 Å². The number of rotatable bonds is 3. The van der Waals surface area contributed by atoms with Gasteiger partial charge in [-0.15, -0.1) is 5.10 Å². The minimum absolute atomic E-state index is 0.374. The summed E-state index contributed by atoms with van der Waals surface area (Å²) < 4.78 is 6.67. The van der Waals surface area contributed by atoms with Crippen LogP contribution >= 0.6 is 0 Å². The molecule has 5 nitrogen and oxygen atoms in total. The molecule has 0 unspecified atom stereocenters. The van der Waals surface area contributed by atoms with E-state index in [1.54, 1.807) is 24.5 Å². The van der Waals surface area contributed by atoms with Crippen LogP contribution in [0.1, 0.15) is 5.76 Å². The normalized spacial score (nSPS) is 11.9. The van der Waals surface area contributed by atoms with Crippen LogP contribution in [0.4, 0.5) is 0 Å². The van der Waals surface area contributed by atoms with Gasteiger partial charge in [0.15, 0.2) is 6.29 Å². The monoisotopic (exact) mass is 239 g/mol. The summed E-state index contributed by atoms with van der Waals surface area (Å²) in [5.41, 5.74) is 1.89. The molecule has 0 atom stereocenters. The Bertz CT molecular complexity index is 711. The maximum absolute atomic E-state index is 11.2. The lowest BCUT2D eigenvalue weighted by atomic mass is 10.3. The first-order chi connectivity index (χ1) is 8.88. The third-order valence-electron chi connectivity index (χ3n) is 2.55. The molecule has 0 aliphatic heterocycles. The molecule has 3 rings (SSSR count). The molecule has 3 aromatic rings. The molecule has 0 aliphatic rings. The molecule has 0 saturated carbocycles. The average molecular weight is 239 g/mol. The number of nitrogens with zero attached hydrogens (tertiary/aromatic N) is 3. The number of fused-ring (bicyclic) bond motifs is 1. The van der Waals surface area contributed by atoms with Crippen LogP contribution in [-0.2, 0) is 4.79 Å². The summed E-state index contributed by atoms with van der Waals surface area (Å²) in [6.07, 6.45) is 3.89. The van der Waals surface area contributed by atoms with Crippen molar-refractivity contribution in [3.05, 3.63) is 48.4 Å². The average Bonchev–Trinajstić information content (AvgIpc) is 3.05. The topological polar surface area (TPSA) is 60.9 Å². The van der Waals surface area contributed by atoms with Crippen molar-refractivity contribution < 1.29 is 9.21 Å². The Morgan fingerprint density at radius 1 is 1.22 bits per heavy atom. The van der Waals surface area contributed by atoms with Crippen molar-refractivity contribution in [2.75, 3.05) is 0 Å². The second-order valence-corrected chi connectivity index (χ2v) is 3.69. The van der Waals surface area contributed by atoms with Gasteiger partial charge in [-0.3, -0.25) is 4.79 Å². The van der Waals surface area contributed by atoms with E-state index in [4.69, 9.17) is 4.42 Å². The Morgan fingerprint density at radius 2 is 2.11 bits per heavy atom. The highest BCUT2D eigenvalue weighted by Gasteiger charge is 2.08. The lowest BCUT2D eigenvalue weighted by molar-refractivity contribution is -0.103. The van der Waals surface area contributed by atoms with Gasteiger partial charge in [0.25, 0.3) is 0 Å². The van der Waals surface area contributed by atoms with Crippen molar-refractivity contribution in [3.8, 4) is 0 Å². The first kappa shape index (κ1) is 10.5. The fraction of sp³-hybridized carbons (Fsp3) is 0. The summed E-state index contributed by atoms with van der Waals surface area (Å²) in [6.45, 7) is 0. The molecule has 0 N–H and O–H groups in total. The van der Waals surface area contributed by atoms with E-state index < -0.39 is 0 Å². The molecule has 0 aliphatic carbocycles. The second kappa shape index (κ2) is 4.29. The van der Waals surface area contributed by atoms with Crippen LogP contribution in [0.5, 0.6) is 0 Å². The summed E-state index contributed by atoms with van der Waals surface area (Å²) >= 11 is 0. The van der Waals surface area contributed by atoms with Gasteiger partial charge >= 0.3 is 0 Å². The quantitative estimate of drug-likeness (QED) is 0.519. The molecule has 0 amide bonds. The minimum Gasteiger partial charge on any atom is -0.465 e. The van der Waals surface area contributed by atoms with E-state index in [-0.39, 0.29) is 0 Å². The van der Waals surface area contributed by atoms with E-state index in [1.807, 2.05) is 24.3 Å². The lowest BCUT2D eigenvalue weighted by Crippen LogP contribution is -2.00. The van der Waals surface area contributed by atoms with Gasteiger partial charge in [0.05, 0.1) is 11.8 Å². The van der Waals surface area contributed by atoms with E-state index in [0.29, 0.717) is 11.5 Å². The predicted octanol–water partition coefficient (Wildman–Crippen LogP) is 2.22. The largest absolute Gasteiger partial charge is 0.465 e. The number of carbonyl (C=O) groups is 1. The standard InChI is InChI=1S/C13H9N3O2/c17-9-10(8-11-4-3-7-18-11)16-13-6-2-1-5-12(13)14-15-16/h1-9H/b10-8-. The maximum Gasteiger partial charge on any atom is 0.168 e. The number of carbonyl (C=O) groups excluding carboxylic acids is 1. The smallest absolute Gasteiger partial charge is 0.168 e. The van der Waals surface area contributed by atoms with Crippen molar-refractivity contribution in [2.45, 2.75) is 0 Å². The zero-order valence-corrected chi connectivity index (χ0v) is 9.35. The molecule has 2 aromatic heterocycles. The van der Waals surface area contributed by atoms with Gasteiger partial charge in [-0.05, 0) is 24.3 Å². The summed E-state index contributed by atoms with van der Waals surface area (Å²) in [5, 5.41) is 7.97. The van der Waals surface area contributed by atoms with Crippen LogP contribution in [0.2, 0.25) is 0 Å². The molecular weight excluding hydrogens is 230 g/mol. The van der Waals surface area contributed by atoms with Crippen LogP contribution in [-0.4, -0.2) is 21.3 Å². The second-order valence-electron chi connectivity index (χ2n) is 3.69. The molecule has 0 spiro atoms. The fourth-order valence-electron chi connectivity index (χ4n) is 1.72. The van der Waals surface area contributed by atoms with E-state index in [1.165, 1.54) is 4.68 Å². The number of aldehydes is 1. The number of hydrogen-bond donors (Lipinski definition) is 0. The Labute approximate surface area is 102 Å². The van der Waals surface area contributed by atoms with E-state index in [2.05, 4.69) is 10.3 Å². The number of allylic oxidation sites excluding steroid dienone is 1. The SMILES string of the molecule is O=C/C(=C/c1ccco1)n1nnc2ccccc21. The molecule has 2 heterocycles. The Hall–Kier alpha value is -2.69. The third kappa shape index (κ3) is 1.71. The predicted molar refractivity (Wildman–Crippen MR) is 66.5 cm³/mol. The molecule has 0 radical (unpaired) electrons. The van der Waals surface area contributed by atoms with Crippen molar-refractivity contribution in [2.24, 2.45) is 0 Å². The van der Waals surface area contributed by atoms with Crippen LogP contribution in [0.3, 0.4) is 0 Å². The Balaban J connectivity index is 2.15. The molecule has 18 heavy (non-hydrogen) atoms. The number of para-hydroxylation sites is 1. The summed E-state index contributed by atoms with van der Waals surface area (Å²) in [7, 11) is 0. The van der Waals surface area contributed by atoms with E-state index in [0.717, 1.165) is 17.3 Å². The Kier molecular flexibility index (Phi) is 2.49. The first-order valence-electron chi connectivity index (χ1n) is 5.40. The van der Waals surface area contributed by atoms with Gasteiger partial charge in [-0.25, -0.2) is 4.68 Å². The first-order valence-corrected chi connectivity index (χ1v) is 5.40. The van der Waals surface area contributed by atoms with Crippen molar-refractivity contribution in [3.63, 3.8) is 0 Å². The zero-order chi connectivity index (χ0) is 12.4. The van der Waals surface area contributed by atoms with E-state index in [9.17, 15) is 4.79 Å². The van der Waals surface area contributed by atoms with Gasteiger partial charge in [0, 0.05) is 6.08 Å². The van der Waals surface area contributed by atoms with Crippen LogP contribution < -0.4 is 0 Å². The van der Waals surface area contributed by atoms with E-state index >= 15 is 0 Å². The summed E-state index contributed by atoms with van der Waals surface area (Å²) in [5.74, 6) is 0.594. The van der Waals surface area contributed by atoms with Gasteiger partial charge in [0.1, 0.15) is 17.0 Å². The van der Waals surface area contributed by atoms with Gasteiger partial charge in [-0.1, -0.05) is 17.3 Å². The molecule has 88 valence electrons. The molecule has 0 bridgehead atoms. The Morgan fingerprint density at radius 3 is 2.89 bits per heavy atom. The van der Waals surface area contributed by atoms with Crippen molar-refractivity contribution in [1.29, 1.82) is 0 Å². The van der Waals surface area contributed by atoms with Crippen LogP contribution in [0.25, 0.3) is 22.8 Å². The molecular formula is C13H9N3O2. The van der Waals surface area contributed by atoms with Crippen LogP contribution in [0.15, 0.2) is 47.1 Å². The van der Waals surface area contributed by atoms with Crippen LogP contribution in [0, 0.1) is 0 Å². The highest BCUT2D eigenvalue weighted by atomic mass is 16.3. The number of aromatic nitrogens is 3. The molecule has 0 fully saturated rings.